The summed E-state index contributed by atoms with van der Waals surface area (Å²) >= 11 is 5.66. The molecule has 0 spiro atoms. The van der Waals surface area contributed by atoms with E-state index in [9.17, 15) is 0 Å². The summed E-state index contributed by atoms with van der Waals surface area (Å²) in [6.07, 6.45) is 0. The predicted octanol–water partition coefficient (Wildman–Crippen LogP) is 2.21. The molecule has 94 valence electrons. The van der Waals surface area contributed by atoms with E-state index in [-0.39, 0.29) is 0 Å². The first-order valence-corrected chi connectivity index (χ1v) is 5.85. The number of nitrogens with two attached hydrogens (primary N) is 1. The summed E-state index contributed by atoms with van der Waals surface area (Å²) < 4.78 is 5.43. The maximum atomic E-state index is 5.66. The summed E-state index contributed by atoms with van der Waals surface area (Å²) in [5.41, 5.74) is 6.24. The van der Waals surface area contributed by atoms with Crippen LogP contribution in [-0.2, 0) is 0 Å². The van der Waals surface area contributed by atoms with Crippen LogP contribution in [-0.4, -0.2) is 23.3 Å². The van der Waals surface area contributed by atoms with Crippen molar-refractivity contribution in [3.05, 3.63) is 41.6 Å². The molecule has 0 atom stereocenters. The molecule has 0 radical (unpaired) electrons. The van der Waals surface area contributed by atoms with Crippen LogP contribution in [0.5, 0.6) is 5.75 Å². The molecule has 0 unspecified atom stereocenters. The summed E-state index contributed by atoms with van der Waals surface area (Å²) in [6, 6.07) is 11.0. The third kappa shape index (κ3) is 3.58. The lowest BCUT2D eigenvalue weighted by Gasteiger charge is -2.08. The number of halogens is 1. The third-order valence-corrected chi connectivity index (χ3v) is 2.33. The molecule has 6 heteroatoms. The number of benzene rings is 1. The van der Waals surface area contributed by atoms with Crippen molar-refractivity contribution >= 4 is 23.1 Å². The van der Waals surface area contributed by atoms with Crippen LogP contribution in [0.2, 0.25) is 5.15 Å². The van der Waals surface area contributed by atoms with Gasteiger partial charge < -0.3 is 15.8 Å². The fourth-order valence-electron chi connectivity index (χ4n) is 1.37. The summed E-state index contributed by atoms with van der Waals surface area (Å²) in [6.45, 7) is 0.977. The monoisotopic (exact) mass is 264 g/mol. The first-order valence-electron chi connectivity index (χ1n) is 5.47. The highest BCUT2D eigenvalue weighted by Crippen LogP contribution is 2.20. The zero-order chi connectivity index (χ0) is 12.8. The largest absolute Gasteiger partial charge is 0.492 e. The van der Waals surface area contributed by atoms with Crippen molar-refractivity contribution in [3.8, 4) is 5.75 Å². The summed E-state index contributed by atoms with van der Waals surface area (Å²) in [5.74, 6) is 1.38. The van der Waals surface area contributed by atoms with Crippen molar-refractivity contribution in [1.29, 1.82) is 0 Å². The standard InChI is InChI=1S/C12H13ClN4O/c13-11-4-5-12(17-16-11)15-9-2-1-3-10(8-9)18-7-6-14/h1-5,8H,6-7,14H2,(H,15,17). The topological polar surface area (TPSA) is 73.1 Å². The zero-order valence-electron chi connectivity index (χ0n) is 9.64. The van der Waals surface area contributed by atoms with E-state index >= 15 is 0 Å². The van der Waals surface area contributed by atoms with Crippen molar-refractivity contribution in [3.63, 3.8) is 0 Å². The molecule has 0 amide bonds. The van der Waals surface area contributed by atoms with Gasteiger partial charge in [-0.2, -0.15) is 0 Å². The summed E-state index contributed by atoms with van der Waals surface area (Å²) in [5, 5.41) is 11.1. The number of nitrogens with one attached hydrogen (secondary N) is 1. The normalized spacial score (nSPS) is 10.1. The van der Waals surface area contributed by atoms with Gasteiger partial charge in [0.05, 0.1) is 0 Å². The van der Waals surface area contributed by atoms with Crippen molar-refractivity contribution in [1.82, 2.24) is 10.2 Å². The average molecular weight is 265 g/mol. The van der Waals surface area contributed by atoms with E-state index in [0.717, 1.165) is 11.4 Å². The number of aromatic nitrogens is 2. The number of rotatable bonds is 5. The molecule has 0 fully saturated rings. The third-order valence-electron chi connectivity index (χ3n) is 2.13. The number of hydrogen-bond donors (Lipinski definition) is 2. The summed E-state index contributed by atoms with van der Waals surface area (Å²) in [7, 11) is 0. The van der Waals surface area contributed by atoms with Gasteiger partial charge in [-0.15, -0.1) is 10.2 Å². The lowest BCUT2D eigenvalue weighted by Crippen LogP contribution is -2.10. The number of hydrogen-bond acceptors (Lipinski definition) is 5. The van der Waals surface area contributed by atoms with Gasteiger partial charge in [-0.3, -0.25) is 0 Å². The predicted molar refractivity (Wildman–Crippen MR) is 71.3 cm³/mol. The molecule has 0 aliphatic heterocycles. The van der Waals surface area contributed by atoms with Crippen LogP contribution >= 0.6 is 11.6 Å². The van der Waals surface area contributed by atoms with Gasteiger partial charge in [-0.1, -0.05) is 17.7 Å². The Balaban J connectivity index is 2.06. The minimum absolute atomic E-state index is 0.362. The highest BCUT2D eigenvalue weighted by atomic mass is 35.5. The smallest absolute Gasteiger partial charge is 0.153 e. The Morgan fingerprint density at radius 2 is 2.11 bits per heavy atom. The molecule has 5 nitrogen and oxygen atoms in total. The molecular formula is C12H13ClN4O. The molecule has 0 saturated heterocycles. The molecule has 0 aliphatic carbocycles. The number of nitrogens with zero attached hydrogens (tertiary/aromatic N) is 2. The van der Waals surface area contributed by atoms with Gasteiger partial charge in [0.25, 0.3) is 0 Å². The van der Waals surface area contributed by atoms with Crippen molar-refractivity contribution in [2.45, 2.75) is 0 Å². The molecule has 1 aromatic heterocycles. The second-order valence-corrected chi connectivity index (χ2v) is 3.92. The molecule has 2 rings (SSSR count). The van der Waals surface area contributed by atoms with Gasteiger partial charge in [0.1, 0.15) is 12.4 Å². The molecule has 0 aliphatic rings. The van der Waals surface area contributed by atoms with Crippen LogP contribution in [0.1, 0.15) is 0 Å². The highest BCUT2D eigenvalue weighted by Gasteiger charge is 1.99. The zero-order valence-corrected chi connectivity index (χ0v) is 10.4. The lowest BCUT2D eigenvalue weighted by molar-refractivity contribution is 0.328. The Hall–Kier alpha value is -1.85. The minimum Gasteiger partial charge on any atom is -0.492 e. The number of anilines is 2. The van der Waals surface area contributed by atoms with Crippen molar-refractivity contribution in [2.75, 3.05) is 18.5 Å². The van der Waals surface area contributed by atoms with E-state index in [1.807, 2.05) is 24.3 Å². The second-order valence-electron chi connectivity index (χ2n) is 3.53. The van der Waals surface area contributed by atoms with Gasteiger partial charge in [0.2, 0.25) is 0 Å². The Labute approximate surface area is 110 Å². The van der Waals surface area contributed by atoms with E-state index in [1.165, 1.54) is 0 Å². The van der Waals surface area contributed by atoms with E-state index in [2.05, 4.69) is 15.5 Å². The van der Waals surface area contributed by atoms with Crippen LogP contribution in [0.25, 0.3) is 0 Å². The quantitative estimate of drug-likeness (QED) is 0.866. The first-order chi connectivity index (χ1) is 8.78. The maximum Gasteiger partial charge on any atom is 0.153 e. The van der Waals surface area contributed by atoms with E-state index in [0.29, 0.717) is 24.1 Å². The van der Waals surface area contributed by atoms with Crippen LogP contribution in [0.3, 0.4) is 0 Å². The van der Waals surface area contributed by atoms with Crippen LogP contribution in [0.4, 0.5) is 11.5 Å². The fourth-order valence-corrected chi connectivity index (χ4v) is 1.47. The number of ether oxygens (including phenoxy) is 1. The lowest BCUT2D eigenvalue weighted by atomic mass is 10.3. The van der Waals surface area contributed by atoms with Crippen molar-refractivity contribution < 1.29 is 4.74 Å². The molecule has 2 aromatic rings. The van der Waals surface area contributed by atoms with Gasteiger partial charge >= 0.3 is 0 Å². The SMILES string of the molecule is NCCOc1cccc(Nc2ccc(Cl)nn2)c1. The Bertz CT molecular complexity index is 504. The van der Waals surface area contributed by atoms with E-state index in [4.69, 9.17) is 22.1 Å². The highest BCUT2D eigenvalue weighted by molar-refractivity contribution is 6.29. The van der Waals surface area contributed by atoms with Crippen molar-refractivity contribution in [2.24, 2.45) is 5.73 Å². The van der Waals surface area contributed by atoms with Gasteiger partial charge in [-0.05, 0) is 24.3 Å². The van der Waals surface area contributed by atoms with Gasteiger partial charge in [0, 0.05) is 18.3 Å². The van der Waals surface area contributed by atoms with Gasteiger partial charge in [-0.25, -0.2) is 0 Å². The molecular weight excluding hydrogens is 252 g/mol. The van der Waals surface area contributed by atoms with Crippen LogP contribution in [0.15, 0.2) is 36.4 Å². The second kappa shape index (κ2) is 6.18. The summed E-state index contributed by atoms with van der Waals surface area (Å²) in [4.78, 5) is 0. The van der Waals surface area contributed by atoms with Gasteiger partial charge in [0.15, 0.2) is 11.0 Å². The molecule has 0 saturated carbocycles. The average Bonchev–Trinajstić information content (AvgIpc) is 2.40. The molecule has 18 heavy (non-hydrogen) atoms. The van der Waals surface area contributed by atoms with E-state index in [1.54, 1.807) is 12.1 Å². The minimum atomic E-state index is 0.362. The van der Waals surface area contributed by atoms with Crippen LogP contribution < -0.4 is 15.8 Å². The molecule has 1 heterocycles. The molecule has 0 bridgehead atoms. The molecule has 3 N–H and O–H groups in total. The Morgan fingerprint density at radius 1 is 1.22 bits per heavy atom. The van der Waals surface area contributed by atoms with Crippen LogP contribution in [0, 0.1) is 0 Å². The Morgan fingerprint density at radius 3 is 2.83 bits per heavy atom. The Kier molecular flexibility index (Phi) is 4.33. The van der Waals surface area contributed by atoms with E-state index < -0.39 is 0 Å². The molecule has 1 aromatic carbocycles. The fraction of sp³-hybridized carbons (Fsp3) is 0.167. The first kappa shape index (κ1) is 12.6. The maximum absolute atomic E-state index is 5.66.